The standard InChI is InChI=1S/C12H16N4OS.2ClH/c1-7-14-11(8-3-5-18-12(8)15-7)16-9-6-13-4-2-10(9)17;;/h3,5,9-10,13,17H,2,4,6H2,1H3,(H,14,15,16);2*1H/t9-,10+;;/m0../s1. The molecule has 112 valence electrons. The van der Waals surface area contributed by atoms with Crippen LogP contribution >= 0.6 is 36.2 Å². The molecule has 1 saturated heterocycles. The average molecular weight is 337 g/mol. The first-order chi connectivity index (χ1) is 8.74. The van der Waals surface area contributed by atoms with Gasteiger partial charge in [-0.15, -0.1) is 36.2 Å². The molecule has 1 aliphatic heterocycles. The highest BCUT2D eigenvalue weighted by atomic mass is 35.5. The molecule has 0 unspecified atom stereocenters. The van der Waals surface area contributed by atoms with E-state index in [0.717, 1.165) is 41.4 Å². The Hall–Kier alpha value is -0.660. The van der Waals surface area contributed by atoms with Crippen molar-refractivity contribution in [3.63, 3.8) is 0 Å². The molecule has 2 aromatic rings. The zero-order chi connectivity index (χ0) is 12.5. The molecule has 2 atom stereocenters. The van der Waals surface area contributed by atoms with Crippen molar-refractivity contribution < 1.29 is 5.11 Å². The summed E-state index contributed by atoms with van der Waals surface area (Å²) in [4.78, 5) is 9.83. The predicted octanol–water partition coefficient (Wildman–Crippen LogP) is 1.98. The van der Waals surface area contributed by atoms with Gasteiger partial charge in [0.25, 0.3) is 0 Å². The second-order valence-electron chi connectivity index (χ2n) is 4.57. The number of thiophene rings is 1. The molecule has 20 heavy (non-hydrogen) atoms. The fourth-order valence-corrected chi connectivity index (χ4v) is 3.05. The van der Waals surface area contributed by atoms with Gasteiger partial charge in [-0.3, -0.25) is 0 Å². The Morgan fingerprint density at radius 1 is 1.40 bits per heavy atom. The van der Waals surface area contributed by atoms with Gasteiger partial charge in [-0.05, 0) is 31.3 Å². The van der Waals surface area contributed by atoms with Crippen LogP contribution in [-0.4, -0.2) is 40.3 Å². The number of aromatic nitrogens is 2. The molecule has 0 aliphatic carbocycles. The van der Waals surface area contributed by atoms with Crippen molar-refractivity contribution in [3.05, 3.63) is 17.3 Å². The van der Waals surface area contributed by atoms with Gasteiger partial charge in [0.15, 0.2) is 0 Å². The molecular weight excluding hydrogens is 319 g/mol. The summed E-state index contributed by atoms with van der Waals surface area (Å²) in [6.45, 7) is 3.52. The lowest BCUT2D eigenvalue weighted by Gasteiger charge is -2.29. The number of rotatable bonds is 2. The van der Waals surface area contributed by atoms with Gasteiger partial charge in [0.1, 0.15) is 16.5 Å². The number of aryl methyl sites for hydroxylation is 1. The molecule has 0 radical (unpaired) electrons. The molecule has 2 aromatic heterocycles. The number of anilines is 1. The molecule has 0 bridgehead atoms. The highest BCUT2D eigenvalue weighted by Gasteiger charge is 2.23. The minimum atomic E-state index is -0.324. The SMILES string of the molecule is Cc1nc(N[C@H]2CNCC[C@H]2O)c2ccsc2n1.Cl.Cl. The number of hydrogen-bond donors (Lipinski definition) is 3. The summed E-state index contributed by atoms with van der Waals surface area (Å²) in [5, 5.41) is 19.6. The first kappa shape index (κ1) is 17.4. The lowest BCUT2D eigenvalue weighted by Crippen LogP contribution is -2.48. The van der Waals surface area contributed by atoms with Crippen LogP contribution < -0.4 is 10.6 Å². The third kappa shape index (κ3) is 3.51. The van der Waals surface area contributed by atoms with E-state index >= 15 is 0 Å². The van der Waals surface area contributed by atoms with Crippen molar-refractivity contribution in [2.75, 3.05) is 18.4 Å². The zero-order valence-electron chi connectivity index (χ0n) is 11.0. The number of piperidine rings is 1. The number of fused-ring (bicyclic) bond motifs is 1. The van der Waals surface area contributed by atoms with E-state index in [0.29, 0.717) is 0 Å². The van der Waals surface area contributed by atoms with Crippen molar-refractivity contribution in [2.24, 2.45) is 0 Å². The van der Waals surface area contributed by atoms with Crippen LogP contribution in [0.3, 0.4) is 0 Å². The molecule has 0 spiro atoms. The van der Waals surface area contributed by atoms with Gasteiger partial charge in [-0.1, -0.05) is 0 Å². The summed E-state index contributed by atoms with van der Waals surface area (Å²) < 4.78 is 0. The maximum absolute atomic E-state index is 9.98. The second-order valence-corrected chi connectivity index (χ2v) is 5.46. The van der Waals surface area contributed by atoms with Gasteiger partial charge in [-0.25, -0.2) is 9.97 Å². The minimum absolute atomic E-state index is 0. The van der Waals surface area contributed by atoms with Crippen molar-refractivity contribution in [1.82, 2.24) is 15.3 Å². The monoisotopic (exact) mass is 336 g/mol. The van der Waals surface area contributed by atoms with Crippen LogP contribution in [0.1, 0.15) is 12.2 Å². The minimum Gasteiger partial charge on any atom is -0.391 e. The number of halogens is 2. The van der Waals surface area contributed by atoms with Crippen molar-refractivity contribution in [3.8, 4) is 0 Å². The van der Waals surface area contributed by atoms with Crippen LogP contribution in [-0.2, 0) is 0 Å². The number of hydrogen-bond acceptors (Lipinski definition) is 6. The third-order valence-electron chi connectivity index (χ3n) is 3.20. The highest BCUT2D eigenvalue weighted by molar-refractivity contribution is 7.16. The van der Waals surface area contributed by atoms with Gasteiger partial charge in [0.05, 0.1) is 17.5 Å². The van der Waals surface area contributed by atoms with Gasteiger partial charge in [-0.2, -0.15) is 0 Å². The van der Waals surface area contributed by atoms with Gasteiger partial charge in [0, 0.05) is 6.54 Å². The number of nitrogens with zero attached hydrogens (tertiary/aromatic N) is 2. The Labute approximate surface area is 134 Å². The number of nitrogens with one attached hydrogen (secondary N) is 2. The summed E-state index contributed by atoms with van der Waals surface area (Å²) in [7, 11) is 0. The van der Waals surface area contributed by atoms with Crippen LogP contribution in [0, 0.1) is 6.92 Å². The van der Waals surface area contributed by atoms with Crippen LogP contribution in [0.15, 0.2) is 11.4 Å². The Kier molecular flexibility index (Phi) is 6.42. The van der Waals surface area contributed by atoms with E-state index in [1.54, 1.807) is 11.3 Å². The van der Waals surface area contributed by atoms with Gasteiger partial charge >= 0.3 is 0 Å². The second kappa shape index (κ2) is 7.38. The molecule has 0 saturated carbocycles. The Balaban J connectivity index is 0.000001000. The summed E-state index contributed by atoms with van der Waals surface area (Å²) in [5.41, 5.74) is 0. The molecule has 3 N–H and O–H groups in total. The lowest BCUT2D eigenvalue weighted by molar-refractivity contribution is 0.124. The van der Waals surface area contributed by atoms with Crippen LogP contribution in [0.4, 0.5) is 5.82 Å². The largest absolute Gasteiger partial charge is 0.391 e. The summed E-state index contributed by atoms with van der Waals surface area (Å²) >= 11 is 1.61. The van der Waals surface area contributed by atoms with E-state index in [4.69, 9.17) is 0 Å². The highest BCUT2D eigenvalue weighted by Crippen LogP contribution is 2.26. The molecule has 3 heterocycles. The number of aliphatic hydroxyl groups is 1. The molecule has 8 heteroatoms. The van der Waals surface area contributed by atoms with E-state index < -0.39 is 0 Å². The first-order valence-electron chi connectivity index (χ1n) is 6.11. The molecular formula is C12H18Cl2N4OS. The van der Waals surface area contributed by atoms with Crippen molar-refractivity contribution >= 4 is 52.2 Å². The average Bonchev–Trinajstić information content (AvgIpc) is 2.80. The van der Waals surface area contributed by atoms with E-state index in [9.17, 15) is 5.11 Å². The predicted molar refractivity (Wildman–Crippen MR) is 87.6 cm³/mol. The lowest BCUT2D eigenvalue weighted by atomic mass is 10.0. The Bertz CT molecular complexity index is 565. The van der Waals surface area contributed by atoms with Crippen LogP contribution in [0.5, 0.6) is 0 Å². The van der Waals surface area contributed by atoms with E-state index in [2.05, 4.69) is 20.6 Å². The molecule has 1 aliphatic rings. The van der Waals surface area contributed by atoms with Gasteiger partial charge < -0.3 is 15.7 Å². The summed E-state index contributed by atoms with van der Waals surface area (Å²) in [5.74, 6) is 1.58. The molecule has 0 aromatic carbocycles. The maximum atomic E-state index is 9.98. The van der Waals surface area contributed by atoms with Crippen molar-refractivity contribution in [2.45, 2.75) is 25.5 Å². The first-order valence-corrected chi connectivity index (χ1v) is 6.99. The smallest absolute Gasteiger partial charge is 0.138 e. The molecule has 1 fully saturated rings. The molecule has 0 amide bonds. The Morgan fingerprint density at radius 2 is 2.20 bits per heavy atom. The normalized spacial score (nSPS) is 21.9. The zero-order valence-corrected chi connectivity index (χ0v) is 13.4. The van der Waals surface area contributed by atoms with Crippen molar-refractivity contribution in [1.29, 1.82) is 0 Å². The maximum Gasteiger partial charge on any atom is 0.138 e. The summed E-state index contributed by atoms with van der Waals surface area (Å²) in [6.07, 6.45) is 0.448. The number of aliphatic hydroxyl groups excluding tert-OH is 1. The third-order valence-corrected chi connectivity index (χ3v) is 4.01. The van der Waals surface area contributed by atoms with Crippen LogP contribution in [0.25, 0.3) is 10.2 Å². The fourth-order valence-electron chi connectivity index (χ4n) is 2.24. The van der Waals surface area contributed by atoms with Gasteiger partial charge in [0.2, 0.25) is 0 Å². The van der Waals surface area contributed by atoms with E-state index in [-0.39, 0.29) is 37.0 Å². The fraction of sp³-hybridized carbons (Fsp3) is 0.500. The quantitative estimate of drug-likeness (QED) is 0.782. The van der Waals surface area contributed by atoms with E-state index in [1.165, 1.54) is 0 Å². The molecule has 5 nitrogen and oxygen atoms in total. The molecule has 3 rings (SSSR count). The topological polar surface area (TPSA) is 70.1 Å². The van der Waals surface area contributed by atoms with E-state index in [1.807, 2.05) is 18.4 Å². The van der Waals surface area contributed by atoms with Crippen LogP contribution in [0.2, 0.25) is 0 Å². The summed E-state index contributed by atoms with van der Waals surface area (Å²) in [6, 6.07) is 2.03. The Morgan fingerprint density at radius 3 is 2.95 bits per heavy atom.